The van der Waals surface area contributed by atoms with Gasteiger partial charge in [0.2, 0.25) is 0 Å². The molecule has 0 fully saturated rings. The van der Waals surface area contributed by atoms with Crippen LogP contribution in [0.3, 0.4) is 0 Å². The van der Waals surface area contributed by atoms with Crippen LogP contribution in [-0.4, -0.2) is 23.9 Å². The molecule has 1 aliphatic heterocycles. The first-order chi connectivity index (χ1) is 11.0. The summed E-state index contributed by atoms with van der Waals surface area (Å²) in [6, 6.07) is 15.3. The van der Waals surface area contributed by atoms with Crippen molar-refractivity contribution in [3.05, 3.63) is 64.7 Å². The zero-order chi connectivity index (χ0) is 16.6. The largest absolute Gasteiger partial charge is 0.335 e. The van der Waals surface area contributed by atoms with E-state index in [1.54, 1.807) is 0 Å². The molecule has 3 rings (SSSR count). The molecular weight excluding hydrogens is 282 g/mol. The van der Waals surface area contributed by atoms with Crippen molar-refractivity contribution in [2.75, 3.05) is 11.9 Å². The van der Waals surface area contributed by atoms with Crippen LogP contribution in [0.2, 0.25) is 0 Å². The van der Waals surface area contributed by atoms with Crippen LogP contribution in [0.25, 0.3) is 0 Å². The normalized spacial score (nSPS) is 16.9. The molecule has 0 aliphatic carbocycles. The summed E-state index contributed by atoms with van der Waals surface area (Å²) in [5.41, 5.74) is 6.35. The molecule has 0 aromatic heterocycles. The Hall–Kier alpha value is -2.29. The van der Waals surface area contributed by atoms with Gasteiger partial charge in [0.25, 0.3) is 0 Å². The van der Waals surface area contributed by atoms with Crippen LogP contribution in [0.4, 0.5) is 5.69 Å². The molecule has 2 aromatic rings. The van der Waals surface area contributed by atoms with Gasteiger partial charge in [-0.25, -0.2) is 0 Å². The summed E-state index contributed by atoms with van der Waals surface area (Å²) in [5.74, 6) is 0.565. The van der Waals surface area contributed by atoms with Gasteiger partial charge in [0, 0.05) is 25.3 Å². The predicted octanol–water partition coefficient (Wildman–Crippen LogP) is 4.12. The Balaban J connectivity index is 1.85. The van der Waals surface area contributed by atoms with Gasteiger partial charge in [-0.15, -0.1) is 0 Å². The van der Waals surface area contributed by atoms with Gasteiger partial charge in [-0.3, -0.25) is 5.41 Å². The number of rotatable bonds is 1. The Labute approximate surface area is 139 Å². The molecule has 0 bridgehead atoms. The smallest absolute Gasteiger partial charge is 0.198 e. The summed E-state index contributed by atoms with van der Waals surface area (Å²) < 4.78 is 0. The lowest BCUT2D eigenvalue weighted by molar-refractivity contribution is 0.294. The van der Waals surface area contributed by atoms with Crippen LogP contribution in [-0.2, 0) is 13.0 Å². The van der Waals surface area contributed by atoms with E-state index in [1.807, 2.05) is 18.0 Å². The lowest BCUT2D eigenvalue weighted by atomic mass is 9.93. The lowest BCUT2D eigenvalue weighted by Gasteiger charge is -2.39. The molecule has 0 radical (unpaired) electrons. The predicted molar refractivity (Wildman–Crippen MR) is 97.2 cm³/mol. The molecule has 2 aromatic carbocycles. The molecular formula is C20H25N3. The topological polar surface area (TPSA) is 30.3 Å². The van der Waals surface area contributed by atoms with E-state index >= 15 is 0 Å². The Morgan fingerprint density at radius 3 is 2.57 bits per heavy atom. The second kappa shape index (κ2) is 6.07. The molecule has 1 unspecified atom stereocenters. The van der Waals surface area contributed by atoms with Gasteiger partial charge in [0.1, 0.15) is 0 Å². The lowest BCUT2D eigenvalue weighted by Crippen LogP contribution is -2.49. The minimum Gasteiger partial charge on any atom is -0.335 e. The maximum Gasteiger partial charge on any atom is 0.198 e. The highest BCUT2D eigenvalue weighted by Crippen LogP contribution is 2.26. The van der Waals surface area contributed by atoms with Crippen molar-refractivity contribution in [1.29, 1.82) is 5.41 Å². The fraction of sp³-hybridized carbons (Fsp3) is 0.350. The zero-order valence-electron chi connectivity index (χ0n) is 14.4. The summed E-state index contributed by atoms with van der Waals surface area (Å²) in [6.45, 7) is 7.24. The average molecular weight is 307 g/mol. The molecule has 1 N–H and O–H groups in total. The van der Waals surface area contributed by atoms with E-state index in [2.05, 4.69) is 62.1 Å². The third-order valence-electron chi connectivity index (χ3n) is 4.73. The number of hydrogen-bond acceptors (Lipinski definition) is 1. The zero-order valence-corrected chi connectivity index (χ0v) is 14.4. The number of aryl methyl sites for hydroxylation is 2. The Morgan fingerprint density at radius 2 is 1.83 bits per heavy atom. The minimum atomic E-state index is 0.338. The number of benzene rings is 2. The maximum atomic E-state index is 8.67. The molecule has 23 heavy (non-hydrogen) atoms. The van der Waals surface area contributed by atoms with E-state index in [0.29, 0.717) is 12.0 Å². The van der Waals surface area contributed by atoms with Crippen LogP contribution in [0, 0.1) is 19.3 Å². The molecule has 1 heterocycles. The third kappa shape index (κ3) is 3.09. The molecule has 0 saturated heterocycles. The molecule has 0 spiro atoms. The van der Waals surface area contributed by atoms with Gasteiger partial charge in [-0.05, 0) is 56.0 Å². The van der Waals surface area contributed by atoms with E-state index in [9.17, 15) is 0 Å². The summed E-state index contributed by atoms with van der Waals surface area (Å²) in [4.78, 5) is 4.17. The molecule has 120 valence electrons. The molecule has 0 saturated carbocycles. The van der Waals surface area contributed by atoms with Crippen molar-refractivity contribution in [3.63, 3.8) is 0 Å². The fourth-order valence-electron chi connectivity index (χ4n) is 3.30. The first kappa shape index (κ1) is 15.6. The van der Waals surface area contributed by atoms with Crippen molar-refractivity contribution in [2.24, 2.45) is 0 Å². The van der Waals surface area contributed by atoms with E-state index in [1.165, 1.54) is 22.3 Å². The SMILES string of the molecule is Cc1cccc(N(C)C(=N)N2Cc3cc(C)ccc3CC2C)c1. The second-order valence-corrected chi connectivity index (χ2v) is 6.67. The Kier molecular flexibility index (Phi) is 4.12. The molecule has 0 amide bonds. The average Bonchev–Trinajstić information content (AvgIpc) is 2.53. The van der Waals surface area contributed by atoms with E-state index in [4.69, 9.17) is 5.41 Å². The number of anilines is 1. The van der Waals surface area contributed by atoms with Gasteiger partial charge >= 0.3 is 0 Å². The van der Waals surface area contributed by atoms with Gasteiger partial charge in [-0.1, -0.05) is 35.9 Å². The Morgan fingerprint density at radius 1 is 1.09 bits per heavy atom. The van der Waals surface area contributed by atoms with Crippen molar-refractivity contribution < 1.29 is 0 Å². The summed E-state index contributed by atoms with van der Waals surface area (Å²) in [7, 11) is 1.98. The quantitative estimate of drug-likeness (QED) is 0.634. The van der Waals surface area contributed by atoms with Crippen LogP contribution in [0.5, 0.6) is 0 Å². The van der Waals surface area contributed by atoms with Crippen LogP contribution < -0.4 is 4.90 Å². The van der Waals surface area contributed by atoms with Crippen molar-refractivity contribution in [3.8, 4) is 0 Å². The highest BCUT2D eigenvalue weighted by Gasteiger charge is 2.27. The second-order valence-electron chi connectivity index (χ2n) is 6.67. The standard InChI is InChI=1S/C20H25N3/c1-14-6-5-7-19(11-14)22(4)20(21)23-13-18-10-15(2)8-9-17(18)12-16(23)3/h5-11,16,21H,12-13H2,1-4H3. The summed E-state index contributed by atoms with van der Waals surface area (Å²) >= 11 is 0. The summed E-state index contributed by atoms with van der Waals surface area (Å²) in [5, 5.41) is 8.67. The molecule has 3 nitrogen and oxygen atoms in total. The molecule has 1 atom stereocenters. The highest BCUT2D eigenvalue weighted by atomic mass is 15.4. The van der Waals surface area contributed by atoms with E-state index < -0.39 is 0 Å². The summed E-state index contributed by atoms with van der Waals surface area (Å²) in [6.07, 6.45) is 1.000. The minimum absolute atomic E-state index is 0.338. The number of guanidine groups is 1. The van der Waals surface area contributed by atoms with Gasteiger partial charge in [0.05, 0.1) is 0 Å². The molecule has 1 aliphatic rings. The van der Waals surface area contributed by atoms with Gasteiger partial charge in [-0.2, -0.15) is 0 Å². The van der Waals surface area contributed by atoms with Crippen LogP contribution >= 0.6 is 0 Å². The fourth-order valence-corrected chi connectivity index (χ4v) is 3.30. The number of nitrogens with zero attached hydrogens (tertiary/aromatic N) is 2. The number of fused-ring (bicyclic) bond motifs is 1. The van der Waals surface area contributed by atoms with Gasteiger partial charge < -0.3 is 9.80 Å². The van der Waals surface area contributed by atoms with Crippen molar-refractivity contribution in [2.45, 2.75) is 39.8 Å². The van der Waals surface area contributed by atoms with Crippen molar-refractivity contribution in [1.82, 2.24) is 4.90 Å². The monoisotopic (exact) mass is 307 g/mol. The highest BCUT2D eigenvalue weighted by molar-refractivity contribution is 5.93. The first-order valence-electron chi connectivity index (χ1n) is 8.19. The van der Waals surface area contributed by atoms with E-state index in [-0.39, 0.29) is 0 Å². The van der Waals surface area contributed by atoms with Crippen LogP contribution in [0.1, 0.15) is 29.2 Å². The van der Waals surface area contributed by atoms with Gasteiger partial charge in [0.15, 0.2) is 5.96 Å². The van der Waals surface area contributed by atoms with E-state index in [0.717, 1.165) is 18.7 Å². The third-order valence-corrected chi connectivity index (χ3v) is 4.73. The molecule has 3 heteroatoms. The Bertz CT molecular complexity index is 735. The maximum absolute atomic E-state index is 8.67. The van der Waals surface area contributed by atoms with Crippen molar-refractivity contribution >= 4 is 11.6 Å². The van der Waals surface area contributed by atoms with Crippen LogP contribution in [0.15, 0.2) is 42.5 Å². The number of nitrogens with one attached hydrogen (secondary N) is 1. The first-order valence-corrected chi connectivity index (χ1v) is 8.19. The number of hydrogen-bond donors (Lipinski definition) is 1.